The van der Waals surface area contributed by atoms with Crippen molar-refractivity contribution < 1.29 is 14.1 Å². The summed E-state index contributed by atoms with van der Waals surface area (Å²) in [7, 11) is 1.60. The minimum absolute atomic E-state index is 0.242. The summed E-state index contributed by atoms with van der Waals surface area (Å²) in [5, 5.41) is 7.35. The second kappa shape index (κ2) is 7.36. The highest BCUT2D eigenvalue weighted by Crippen LogP contribution is 2.21. The average molecular weight is 358 g/mol. The first-order valence-corrected chi connectivity index (χ1v) is 7.99. The molecule has 6 nitrogen and oxygen atoms in total. The van der Waals surface area contributed by atoms with Gasteiger partial charge in [-0.25, -0.2) is 0 Å². The number of ether oxygens (including phenoxy) is 1. The van der Waals surface area contributed by atoms with E-state index in [1.54, 1.807) is 38.3 Å². The Hall–Kier alpha value is -2.86. The van der Waals surface area contributed by atoms with E-state index in [0.717, 1.165) is 11.3 Å². The van der Waals surface area contributed by atoms with Crippen LogP contribution in [0, 0.1) is 0 Å². The van der Waals surface area contributed by atoms with Crippen molar-refractivity contribution in [2.45, 2.75) is 13.0 Å². The van der Waals surface area contributed by atoms with Gasteiger partial charge in [-0.3, -0.25) is 4.79 Å². The van der Waals surface area contributed by atoms with Gasteiger partial charge in [0.15, 0.2) is 0 Å². The fourth-order valence-corrected chi connectivity index (χ4v) is 2.34. The van der Waals surface area contributed by atoms with Gasteiger partial charge < -0.3 is 14.6 Å². The predicted octanol–water partition coefficient (Wildman–Crippen LogP) is 3.89. The molecule has 128 valence electrons. The van der Waals surface area contributed by atoms with Crippen molar-refractivity contribution >= 4 is 17.5 Å². The normalized spacial score (nSPS) is 11.8. The maximum Gasteiger partial charge on any atom is 0.251 e. The Morgan fingerprint density at radius 3 is 2.48 bits per heavy atom. The van der Waals surface area contributed by atoms with Gasteiger partial charge in [0.2, 0.25) is 11.7 Å². The summed E-state index contributed by atoms with van der Waals surface area (Å²) < 4.78 is 10.4. The summed E-state index contributed by atoms with van der Waals surface area (Å²) in [4.78, 5) is 16.6. The van der Waals surface area contributed by atoms with E-state index in [1.165, 1.54) is 0 Å². The summed E-state index contributed by atoms with van der Waals surface area (Å²) in [5.41, 5.74) is 1.30. The molecule has 0 saturated carbocycles. The number of hydrogen-bond donors (Lipinski definition) is 1. The zero-order valence-corrected chi connectivity index (χ0v) is 14.4. The Labute approximate surface area is 149 Å². The number of rotatable bonds is 5. The molecule has 0 aliphatic heterocycles. The molecule has 3 aromatic rings. The molecular weight excluding hydrogens is 342 g/mol. The van der Waals surface area contributed by atoms with E-state index in [1.807, 2.05) is 24.3 Å². The highest BCUT2D eigenvalue weighted by atomic mass is 35.5. The van der Waals surface area contributed by atoms with Gasteiger partial charge in [-0.2, -0.15) is 4.98 Å². The van der Waals surface area contributed by atoms with Crippen LogP contribution < -0.4 is 10.1 Å². The van der Waals surface area contributed by atoms with Crippen LogP contribution in [0.3, 0.4) is 0 Å². The smallest absolute Gasteiger partial charge is 0.251 e. The van der Waals surface area contributed by atoms with Crippen molar-refractivity contribution in [3.8, 4) is 17.1 Å². The topological polar surface area (TPSA) is 77.3 Å². The monoisotopic (exact) mass is 357 g/mol. The molecule has 0 unspecified atom stereocenters. The van der Waals surface area contributed by atoms with Crippen molar-refractivity contribution in [3.05, 3.63) is 65.0 Å². The van der Waals surface area contributed by atoms with Gasteiger partial charge in [0.25, 0.3) is 5.91 Å². The second-order valence-corrected chi connectivity index (χ2v) is 5.82. The molecule has 0 fully saturated rings. The summed E-state index contributed by atoms with van der Waals surface area (Å²) in [6, 6.07) is 13.5. The average Bonchev–Trinajstić information content (AvgIpc) is 3.12. The van der Waals surface area contributed by atoms with Crippen LogP contribution in [0.5, 0.6) is 5.75 Å². The molecule has 25 heavy (non-hydrogen) atoms. The number of nitrogens with one attached hydrogen (secondary N) is 1. The first kappa shape index (κ1) is 17.0. The zero-order chi connectivity index (χ0) is 17.8. The lowest BCUT2D eigenvalue weighted by Crippen LogP contribution is -2.26. The summed E-state index contributed by atoms with van der Waals surface area (Å²) in [6.45, 7) is 1.78. The number of methoxy groups -OCH3 is 1. The van der Waals surface area contributed by atoms with Crippen molar-refractivity contribution in [2.75, 3.05) is 7.11 Å². The van der Waals surface area contributed by atoms with Crippen molar-refractivity contribution in [3.63, 3.8) is 0 Å². The third kappa shape index (κ3) is 3.97. The molecule has 0 saturated heterocycles. The third-order valence-electron chi connectivity index (χ3n) is 3.61. The van der Waals surface area contributed by atoms with E-state index in [2.05, 4.69) is 15.5 Å². The van der Waals surface area contributed by atoms with Gasteiger partial charge >= 0.3 is 0 Å². The summed E-state index contributed by atoms with van der Waals surface area (Å²) in [6.07, 6.45) is 0. The maximum absolute atomic E-state index is 12.2. The molecule has 1 atom stereocenters. The van der Waals surface area contributed by atoms with Crippen LogP contribution in [0.15, 0.2) is 53.1 Å². The van der Waals surface area contributed by atoms with Crippen molar-refractivity contribution in [1.29, 1.82) is 0 Å². The molecule has 0 aliphatic carbocycles. The molecule has 1 heterocycles. The van der Waals surface area contributed by atoms with Gasteiger partial charge in [0.05, 0.1) is 7.11 Å². The number of nitrogens with zero attached hydrogens (tertiary/aromatic N) is 2. The van der Waals surface area contributed by atoms with E-state index < -0.39 is 6.04 Å². The minimum atomic E-state index is -0.428. The number of carbonyl (C=O) groups excluding carboxylic acids is 1. The lowest BCUT2D eigenvalue weighted by atomic mass is 10.2. The highest BCUT2D eigenvalue weighted by molar-refractivity contribution is 6.30. The second-order valence-electron chi connectivity index (χ2n) is 5.39. The van der Waals surface area contributed by atoms with Gasteiger partial charge in [0, 0.05) is 16.1 Å². The van der Waals surface area contributed by atoms with Gasteiger partial charge in [-0.05, 0) is 55.5 Å². The minimum Gasteiger partial charge on any atom is -0.497 e. The van der Waals surface area contributed by atoms with Crippen molar-refractivity contribution in [2.24, 2.45) is 0 Å². The molecule has 1 amide bonds. The fraction of sp³-hybridized carbons (Fsp3) is 0.167. The lowest BCUT2D eigenvalue weighted by Gasteiger charge is -2.09. The number of carbonyl (C=O) groups is 1. The largest absolute Gasteiger partial charge is 0.497 e. The van der Waals surface area contributed by atoms with Crippen LogP contribution in [-0.4, -0.2) is 23.2 Å². The Bertz CT molecular complexity index is 860. The Morgan fingerprint density at radius 1 is 1.16 bits per heavy atom. The maximum atomic E-state index is 12.2. The van der Waals surface area contributed by atoms with Crippen LogP contribution in [0.4, 0.5) is 0 Å². The highest BCUT2D eigenvalue weighted by Gasteiger charge is 2.18. The van der Waals surface area contributed by atoms with E-state index >= 15 is 0 Å². The van der Waals surface area contributed by atoms with Crippen molar-refractivity contribution in [1.82, 2.24) is 15.5 Å². The molecule has 1 aromatic heterocycles. The predicted molar refractivity (Wildman–Crippen MR) is 93.6 cm³/mol. The molecule has 2 aromatic carbocycles. The van der Waals surface area contributed by atoms with Gasteiger partial charge in [-0.15, -0.1) is 0 Å². The molecule has 0 spiro atoms. The molecule has 0 aliphatic rings. The fourth-order valence-electron chi connectivity index (χ4n) is 2.21. The van der Waals surface area contributed by atoms with E-state index in [0.29, 0.717) is 22.3 Å². The number of amides is 1. The molecule has 0 radical (unpaired) electrons. The Balaban J connectivity index is 1.70. The Morgan fingerprint density at radius 2 is 1.84 bits per heavy atom. The molecule has 1 N–H and O–H groups in total. The number of hydrogen-bond acceptors (Lipinski definition) is 5. The van der Waals surface area contributed by atoms with Crippen LogP contribution in [-0.2, 0) is 0 Å². The standard InChI is InChI=1S/C18H16ClN3O3/c1-11(20-17(23)13-3-7-14(19)8-4-13)18-21-16(22-25-18)12-5-9-15(24-2)10-6-12/h3-11H,1-2H3,(H,20,23)/t11-/m1/s1. The first-order chi connectivity index (χ1) is 12.1. The third-order valence-corrected chi connectivity index (χ3v) is 3.87. The van der Waals surface area contributed by atoms with Crippen LogP contribution >= 0.6 is 11.6 Å². The molecule has 7 heteroatoms. The number of benzene rings is 2. The zero-order valence-electron chi connectivity index (χ0n) is 13.7. The quantitative estimate of drug-likeness (QED) is 0.749. The van der Waals surface area contributed by atoms with E-state index in [4.69, 9.17) is 20.9 Å². The van der Waals surface area contributed by atoms with E-state index in [-0.39, 0.29) is 5.91 Å². The summed E-state index contributed by atoms with van der Waals surface area (Å²) in [5.74, 6) is 1.28. The SMILES string of the molecule is COc1ccc(-c2noc([C@@H](C)NC(=O)c3ccc(Cl)cc3)n2)cc1. The Kier molecular flexibility index (Phi) is 5.00. The molecule has 3 rings (SSSR count). The lowest BCUT2D eigenvalue weighted by molar-refractivity contribution is 0.0932. The van der Waals surface area contributed by atoms with Gasteiger partial charge in [-0.1, -0.05) is 16.8 Å². The number of halogens is 1. The number of aromatic nitrogens is 2. The van der Waals surface area contributed by atoms with Crippen LogP contribution in [0.1, 0.15) is 29.2 Å². The molecular formula is C18H16ClN3O3. The first-order valence-electron chi connectivity index (χ1n) is 7.61. The van der Waals surface area contributed by atoms with Crippen LogP contribution in [0.2, 0.25) is 5.02 Å². The summed E-state index contributed by atoms with van der Waals surface area (Å²) >= 11 is 5.83. The van der Waals surface area contributed by atoms with E-state index in [9.17, 15) is 4.79 Å². The van der Waals surface area contributed by atoms with Crippen LogP contribution in [0.25, 0.3) is 11.4 Å². The van der Waals surface area contributed by atoms with Gasteiger partial charge in [0.1, 0.15) is 11.8 Å². The molecule has 0 bridgehead atoms.